The van der Waals surface area contributed by atoms with Crippen LogP contribution in [-0.2, 0) is 16.0 Å². The maximum Gasteiger partial charge on any atom is 0.0835 e. The molecule has 1 aromatic rings. The Bertz CT molecular complexity index is 419. The predicted octanol–water partition coefficient (Wildman–Crippen LogP) is 2.79. The quantitative estimate of drug-likeness (QED) is 0.801. The zero-order valence-electron chi connectivity index (χ0n) is 13.0. The van der Waals surface area contributed by atoms with Crippen molar-refractivity contribution < 1.29 is 9.47 Å². The molecule has 5 nitrogen and oxygen atoms in total. The fourth-order valence-corrected chi connectivity index (χ4v) is 3.03. The van der Waals surface area contributed by atoms with Crippen LogP contribution in [-0.4, -0.2) is 42.8 Å². The number of rotatable bonds is 8. The Morgan fingerprint density at radius 2 is 2.43 bits per heavy atom. The molecule has 1 aliphatic rings. The van der Waals surface area contributed by atoms with Gasteiger partial charge in [-0.3, -0.25) is 4.68 Å². The molecule has 0 spiro atoms. The summed E-state index contributed by atoms with van der Waals surface area (Å²) in [5.41, 5.74) is 1.02. The van der Waals surface area contributed by atoms with Crippen LogP contribution >= 0.6 is 11.6 Å². The van der Waals surface area contributed by atoms with Crippen LogP contribution in [0.2, 0.25) is 5.02 Å². The summed E-state index contributed by atoms with van der Waals surface area (Å²) in [7, 11) is 1.70. The van der Waals surface area contributed by atoms with Gasteiger partial charge in [-0.05, 0) is 32.2 Å². The van der Waals surface area contributed by atoms with Gasteiger partial charge in [0.1, 0.15) is 0 Å². The third kappa shape index (κ3) is 4.42. The van der Waals surface area contributed by atoms with Crippen LogP contribution in [0.5, 0.6) is 0 Å². The SMILES string of the molecule is CCCNC(c1c(Cl)cnn1CCOC)C1CCCCO1. The number of methoxy groups -OCH3 is 1. The molecule has 120 valence electrons. The number of ether oxygens (including phenoxy) is 2. The molecular formula is C15H26ClN3O2. The molecule has 21 heavy (non-hydrogen) atoms. The lowest BCUT2D eigenvalue weighted by Crippen LogP contribution is -2.38. The van der Waals surface area contributed by atoms with Crippen molar-refractivity contribution in [1.29, 1.82) is 0 Å². The molecule has 6 heteroatoms. The van der Waals surface area contributed by atoms with Crippen molar-refractivity contribution in [2.75, 3.05) is 26.9 Å². The molecule has 0 radical (unpaired) electrons. The van der Waals surface area contributed by atoms with Gasteiger partial charge >= 0.3 is 0 Å². The van der Waals surface area contributed by atoms with Crippen LogP contribution in [0.15, 0.2) is 6.20 Å². The van der Waals surface area contributed by atoms with Gasteiger partial charge in [0, 0.05) is 13.7 Å². The molecule has 0 aromatic carbocycles. The van der Waals surface area contributed by atoms with Gasteiger partial charge in [0.2, 0.25) is 0 Å². The predicted molar refractivity (Wildman–Crippen MR) is 83.7 cm³/mol. The summed E-state index contributed by atoms with van der Waals surface area (Å²) in [5, 5.41) is 8.68. The molecule has 1 aliphatic heterocycles. The van der Waals surface area contributed by atoms with E-state index in [1.54, 1.807) is 13.3 Å². The minimum Gasteiger partial charge on any atom is -0.383 e. The molecule has 1 N–H and O–H groups in total. The van der Waals surface area contributed by atoms with Gasteiger partial charge in [0.25, 0.3) is 0 Å². The van der Waals surface area contributed by atoms with Gasteiger partial charge < -0.3 is 14.8 Å². The van der Waals surface area contributed by atoms with Gasteiger partial charge in [0.15, 0.2) is 0 Å². The molecule has 2 rings (SSSR count). The Morgan fingerprint density at radius 1 is 1.57 bits per heavy atom. The molecule has 0 amide bonds. The summed E-state index contributed by atoms with van der Waals surface area (Å²) in [6.07, 6.45) is 6.38. The van der Waals surface area contributed by atoms with E-state index < -0.39 is 0 Å². The fraction of sp³-hybridized carbons (Fsp3) is 0.800. The number of nitrogens with zero attached hydrogens (tertiary/aromatic N) is 2. The first kappa shape index (κ1) is 16.7. The molecule has 2 unspecified atom stereocenters. The lowest BCUT2D eigenvalue weighted by Gasteiger charge is -2.32. The van der Waals surface area contributed by atoms with Crippen molar-refractivity contribution in [3.8, 4) is 0 Å². The maximum atomic E-state index is 6.40. The molecule has 1 saturated heterocycles. The molecular weight excluding hydrogens is 290 g/mol. The highest BCUT2D eigenvalue weighted by Gasteiger charge is 2.30. The first-order valence-corrected chi connectivity index (χ1v) is 8.20. The van der Waals surface area contributed by atoms with Crippen LogP contribution < -0.4 is 5.32 Å². The van der Waals surface area contributed by atoms with E-state index in [2.05, 4.69) is 17.3 Å². The van der Waals surface area contributed by atoms with Crippen LogP contribution in [0.4, 0.5) is 0 Å². The van der Waals surface area contributed by atoms with Crippen LogP contribution in [0, 0.1) is 0 Å². The van der Waals surface area contributed by atoms with Crippen LogP contribution in [0.1, 0.15) is 44.3 Å². The highest BCUT2D eigenvalue weighted by Crippen LogP contribution is 2.31. The fourth-order valence-electron chi connectivity index (χ4n) is 2.77. The zero-order chi connectivity index (χ0) is 15.1. The molecule has 1 fully saturated rings. The lowest BCUT2D eigenvalue weighted by molar-refractivity contribution is -0.0102. The molecule has 0 bridgehead atoms. The molecule has 0 saturated carbocycles. The minimum atomic E-state index is 0.0945. The largest absolute Gasteiger partial charge is 0.383 e. The van der Waals surface area contributed by atoms with E-state index in [-0.39, 0.29) is 12.1 Å². The monoisotopic (exact) mass is 315 g/mol. The summed E-state index contributed by atoms with van der Waals surface area (Å²) in [5.74, 6) is 0. The highest BCUT2D eigenvalue weighted by atomic mass is 35.5. The van der Waals surface area contributed by atoms with Gasteiger partial charge in [-0.25, -0.2) is 0 Å². The third-order valence-electron chi connectivity index (χ3n) is 3.84. The van der Waals surface area contributed by atoms with Crippen molar-refractivity contribution in [3.05, 3.63) is 16.9 Å². The van der Waals surface area contributed by atoms with E-state index in [1.165, 1.54) is 6.42 Å². The van der Waals surface area contributed by atoms with E-state index in [4.69, 9.17) is 21.1 Å². The topological polar surface area (TPSA) is 48.3 Å². The number of halogens is 1. The Hall–Kier alpha value is -0.620. The van der Waals surface area contributed by atoms with Crippen LogP contribution in [0.25, 0.3) is 0 Å². The highest BCUT2D eigenvalue weighted by molar-refractivity contribution is 6.31. The summed E-state index contributed by atoms with van der Waals surface area (Å²) in [6.45, 7) is 5.26. The average molecular weight is 316 g/mol. The standard InChI is InChI=1S/C15H26ClN3O2/c1-3-7-17-14(13-6-4-5-9-21-13)15-12(16)11-18-19(15)8-10-20-2/h11,13-14,17H,3-10H2,1-2H3. The van der Waals surface area contributed by atoms with Crippen molar-refractivity contribution in [1.82, 2.24) is 15.1 Å². The van der Waals surface area contributed by atoms with E-state index >= 15 is 0 Å². The lowest BCUT2D eigenvalue weighted by atomic mass is 9.99. The Kier molecular flexibility index (Phi) is 6.96. The number of nitrogens with one attached hydrogen (secondary N) is 1. The third-order valence-corrected chi connectivity index (χ3v) is 4.13. The smallest absolute Gasteiger partial charge is 0.0835 e. The molecule has 0 aliphatic carbocycles. The Morgan fingerprint density at radius 3 is 3.10 bits per heavy atom. The van der Waals surface area contributed by atoms with Crippen molar-refractivity contribution in [3.63, 3.8) is 0 Å². The number of hydrogen-bond donors (Lipinski definition) is 1. The summed E-state index contributed by atoms with van der Waals surface area (Å²) < 4.78 is 13.1. The van der Waals surface area contributed by atoms with Crippen molar-refractivity contribution in [2.24, 2.45) is 0 Å². The van der Waals surface area contributed by atoms with Gasteiger partial charge in [-0.2, -0.15) is 5.10 Å². The second-order valence-corrected chi connectivity index (χ2v) is 5.84. The van der Waals surface area contributed by atoms with Crippen LogP contribution in [0.3, 0.4) is 0 Å². The average Bonchev–Trinajstić information content (AvgIpc) is 2.88. The number of aromatic nitrogens is 2. The first-order chi connectivity index (χ1) is 10.3. The van der Waals surface area contributed by atoms with Crippen molar-refractivity contribution in [2.45, 2.75) is 51.3 Å². The van der Waals surface area contributed by atoms with Gasteiger partial charge in [-0.1, -0.05) is 18.5 Å². The first-order valence-electron chi connectivity index (χ1n) is 7.83. The van der Waals surface area contributed by atoms with E-state index in [0.717, 1.165) is 38.1 Å². The van der Waals surface area contributed by atoms with E-state index in [1.807, 2.05) is 4.68 Å². The molecule has 2 atom stereocenters. The van der Waals surface area contributed by atoms with Gasteiger partial charge in [0.05, 0.1) is 42.2 Å². The number of hydrogen-bond acceptors (Lipinski definition) is 4. The Balaban J connectivity index is 2.19. The second kappa shape index (κ2) is 8.73. The van der Waals surface area contributed by atoms with Gasteiger partial charge in [-0.15, -0.1) is 0 Å². The van der Waals surface area contributed by atoms with E-state index in [0.29, 0.717) is 18.2 Å². The minimum absolute atomic E-state index is 0.0945. The maximum absolute atomic E-state index is 6.40. The van der Waals surface area contributed by atoms with E-state index in [9.17, 15) is 0 Å². The zero-order valence-corrected chi connectivity index (χ0v) is 13.7. The summed E-state index contributed by atoms with van der Waals surface area (Å²) in [4.78, 5) is 0. The normalized spacial score (nSPS) is 20.6. The summed E-state index contributed by atoms with van der Waals surface area (Å²) >= 11 is 6.40. The summed E-state index contributed by atoms with van der Waals surface area (Å²) in [6, 6.07) is 0.0945. The second-order valence-electron chi connectivity index (χ2n) is 5.43. The molecule has 2 heterocycles. The van der Waals surface area contributed by atoms with Crippen molar-refractivity contribution >= 4 is 11.6 Å². The molecule has 1 aromatic heterocycles. The Labute approximate surface area is 131 Å².